The summed E-state index contributed by atoms with van der Waals surface area (Å²) in [6.07, 6.45) is 1.88. The van der Waals surface area contributed by atoms with Crippen LogP contribution in [0.4, 0.5) is 0 Å². The van der Waals surface area contributed by atoms with Crippen LogP contribution in [-0.2, 0) is 0 Å². The van der Waals surface area contributed by atoms with Crippen LogP contribution in [0, 0.1) is 13.8 Å². The molecular weight excluding hydrogens is 538 g/mol. The normalized spacial score (nSPS) is 11.4. The third kappa shape index (κ3) is 4.56. The molecule has 8 aromatic rings. The molecule has 5 heteroatoms. The zero-order valence-electron chi connectivity index (χ0n) is 24.4. The molecule has 0 atom stereocenters. The second kappa shape index (κ2) is 10.5. The van der Waals surface area contributed by atoms with Gasteiger partial charge in [0.15, 0.2) is 17.5 Å². The van der Waals surface area contributed by atoms with Gasteiger partial charge in [0, 0.05) is 39.0 Å². The van der Waals surface area contributed by atoms with Crippen molar-refractivity contribution in [3.63, 3.8) is 0 Å². The molecule has 0 unspecified atom stereocenters. The molecule has 5 aromatic carbocycles. The summed E-state index contributed by atoms with van der Waals surface area (Å²) >= 11 is 0. The van der Waals surface area contributed by atoms with Gasteiger partial charge in [-0.3, -0.25) is 4.98 Å². The van der Waals surface area contributed by atoms with Gasteiger partial charge in [-0.25, -0.2) is 19.9 Å². The molecule has 44 heavy (non-hydrogen) atoms. The van der Waals surface area contributed by atoms with Crippen molar-refractivity contribution in [2.24, 2.45) is 0 Å². The minimum atomic E-state index is 0.528. The maximum atomic E-state index is 5.12. The van der Waals surface area contributed by atoms with Gasteiger partial charge in [0.05, 0.1) is 11.2 Å². The van der Waals surface area contributed by atoms with Gasteiger partial charge in [-0.1, -0.05) is 114 Å². The molecule has 0 aliphatic rings. The van der Waals surface area contributed by atoms with Gasteiger partial charge < -0.3 is 0 Å². The summed E-state index contributed by atoms with van der Waals surface area (Å²) in [4.78, 5) is 24.6. The van der Waals surface area contributed by atoms with Crippen molar-refractivity contribution in [2.45, 2.75) is 13.8 Å². The van der Waals surface area contributed by atoms with Gasteiger partial charge in [0.2, 0.25) is 0 Å². The Balaban J connectivity index is 1.27. The van der Waals surface area contributed by atoms with Gasteiger partial charge >= 0.3 is 0 Å². The molecule has 0 saturated heterocycles. The molecule has 0 N–H and O–H groups in total. The van der Waals surface area contributed by atoms with Gasteiger partial charge in [-0.15, -0.1) is 0 Å². The Bertz CT molecular complexity index is 2250. The van der Waals surface area contributed by atoms with Gasteiger partial charge in [0.1, 0.15) is 5.69 Å². The molecule has 0 aliphatic heterocycles. The number of pyridine rings is 2. The van der Waals surface area contributed by atoms with Gasteiger partial charge in [-0.05, 0) is 42.8 Å². The van der Waals surface area contributed by atoms with Crippen LogP contribution in [0.2, 0.25) is 0 Å². The van der Waals surface area contributed by atoms with E-state index in [1.807, 2.05) is 42.6 Å². The number of nitrogens with zero attached hydrogens (tertiary/aromatic N) is 5. The fourth-order valence-electron chi connectivity index (χ4n) is 5.76. The second-order valence-electron chi connectivity index (χ2n) is 11.2. The number of aromatic nitrogens is 5. The molecule has 8 rings (SSSR count). The predicted molar refractivity (Wildman–Crippen MR) is 179 cm³/mol. The molecule has 0 spiro atoms. The summed E-state index contributed by atoms with van der Waals surface area (Å²) in [6, 6.07) is 41.7. The topological polar surface area (TPSA) is 64.5 Å². The number of rotatable bonds is 4. The molecule has 0 fully saturated rings. The highest BCUT2D eigenvalue weighted by Crippen LogP contribution is 2.37. The molecule has 0 aliphatic carbocycles. The number of benzene rings is 5. The average Bonchev–Trinajstić information content (AvgIpc) is 3.08. The van der Waals surface area contributed by atoms with Crippen LogP contribution in [-0.4, -0.2) is 24.9 Å². The minimum Gasteiger partial charge on any atom is -0.252 e. The van der Waals surface area contributed by atoms with E-state index in [0.717, 1.165) is 38.7 Å². The van der Waals surface area contributed by atoms with E-state index in [2.05, 4.69) is 98.8 Å². The summed E-state index contributed by atoms with van der Waals surface area (Å²) in [5.74, 6) is 1.76. The first-order valence-corrected chi connectivity index (χ1v) is 14.7. The summed E-state index contributed by atoms with van der Waals surface area (Å²) in [7, 11) is 0. The van der Waals surface area contributed by atoms with Crippen LogP contribution < -0.4 is 0 Å². The van der Waals surface area contributed by atoms with Crippen molar-refractivity contribution < 1.29 is 0 Å². The third-order valence-corrected chi connectivity index (χ3v) is 8.11. The van der Waals surface area contributed by atoms with E-state index in [9.17, 15) is 0 Å². The van der Waals surface area contributed by atoms with E-state index in [1.54, 1.807) is 0 Å². The van der Waals surface area contributed by atoms with E-state index >= 15 is 0 Å². The van der Waals surface area contributed by atoms with E-state index in [4.69, 9.17) is 24.9 Å². The van der Waals surface area contributed by atoms with Crippen LogP contribution in [0.3, 0.4) is 0 Å². The molecule has 208 valence electrons. The van der Waals surface area contributed by atoms with Crippen molar-refractivity contribution in [1.29, 1.82) is 0 Å². The predicted octanol–water partition coefficient (Wildman–Crippen LogP) is 9.41. The highest BCUT2D eigenvalue weighted by Gasteiger charge is 2.16. The molecule has 3 aromatic heterocycles. The Hall–Kier alpha value is -5.81. The number of hydrogen-bond acceptors (Lipinski definition) is 5. The Morgan fingerprint density at radius 3 is 1.68 bits per heavy atom. The second-order valence-corrected chi connectivity index (χ2v) is 11.2. The first-order chi connectivity index (χ1) is 21.6. The Kier molecular flexibility index (Phi) is 6.16. The van der Waals surface area contributed by atoms with Crippen molar-refractivity contribution in [3.05, 3.63) is 139 Å². The summed E-state index contributed by atoms with van der Waals surface area (Å²) < 4.78 is 0. The van der Waals surface area contributed by atoms with Crippen molar-refractivity contribution >= 4 is 32.4 Å². The fraction of sp³-hybridized carbons (Fsp3) is 0.0513. The molecule has 3 heterocycles. The molecule has 0 amide bonds. The quantitative estimate of drug-likeness (QED) is 0.199. The van der Waals surface area contributed by atoms with E-state index in [1.165, 1.54) is 27.3 Å². The lowest BCUT2D eigenvalue weighted by Gasteiger charge is -2.13. The molecule has 5 nitrogen and oxygen atoms in total. The van der Waals surface area contributed by atoms with Crippen LogP contribution in [0.25, 0.3) is 78.0 Å². The summed E-state index contributed by atoms with van der Waals surface area (Å²) in [5.41, 5.74) is 7.70. The highest BCUT2D eigenvalue weighted by molar-refractivity contribution is 6.22. The lowest BCUT2D eigenvalue weighted by Crippen LogP contribution is -2.01. The average molecular weight is 566 g/mol. The van der Waals surface area contributed by atoms with Crippen LogP contribution in [0.1, 0.15) is 11.1 Å². The van der Waals surface area contributed by atoms with E-state index in [-0.39, 0.29) is 0 Å². The van der Waals surface area contributed by atoms with E-state index in [0.29, 0.717) is 23.2 Å². The summed E-state index contributed by atoms with van der Waals surface area (Å²) in [6.45, 7) is 4.14. The summed E-state index contributed by atoms with van der Waals surface area (Å²) in [5, 5.41) is 5.87. The SMILES string of the molecule is Cc1ccc(-c2nc(-c3ccc(C)cc3)nc(-c3ccc(-c4nc5ccccc5c5c4ccc4ccccc45)cn3)n2)cc1. The maximum Gasteiger partial charge on any atom is 0.182 e. The van der Waals surface area contributed by atoms with Crippen LogP contribution >= 0.6 is 0 Å². The van der Waals surface area contributed by atoms with Gasteiger partial charge in [-0.2, -0.15) is 0 Å². The first-order valence-electron chi connectivity index (χ1n) is 14.7. The fourth-order valence-corrected chi connectivity index (χ4v) is 5.76. The Morgan fingerprint density at radius 1 is 0.432 bits per heavy atom. The first kappa shape index (κ1) is 25.9. The number of para-hydroxylation sites is 1. The Labute approximate surface area is 255 Å². The zero-order valence-corrected chi connectivity index (χ0v) is 24.4. The maximum absolute atomic E-state index is 5.12. The smallest absolute Gasteiger partial charge is 0.182 e. The minimum absolute atomic E-state index is 0.528. The lowest BCUT2D eigenvalue weighted by molar-refractivity contribution is 1.06. The molecule has 0 bridgehead atoms. The Morgan fingerprint density at radius 2 is 1.02 bits per heavy atom. The van der Waals surface area contributed by atoms with Crippen molar-refractivity contribution in [3.8, 4) is 45.6 Å². The lowest BCUT2D eigenvalue weighted by atomic mass is 9.95. The van der Waals surface area contributed by atoms with E-state index < -0.39 is 0 Å². The zero-order chi connectivity index (χ0) is 29.6. The van der Waals surface area contributed by atoms with Crippen molar-refractivity contribution in [2.75, 3.05) is 0 Å². The number of aryl methyl sites for hydroxylation is 2. The number of hydrogen-bond donors (Lipinski definition) is 0. The molecule has 0 radical (unpaired) electrons. The monoisotopic (exact) mass is 565 g/mol. The molecular formula is C39H27N5. The largest absolute Gasteiger partial charge is 0.252 e. The van der Waals surface area contributed by atoms with Crippen LogP contribution in [0.15, 0.2) is 128 Å². The van der Waals surface area contributed by atoms with Crippen LogP contribution in [0.5, 0.6) is 0 Å². The number of fused-ring (bicyclic) bond motifs is 5. The highest BCUT2D eigenvalue weighted by atomic mass is 15.0. The van der Waals surface area contributed by atoms with Gasteiger partial charge in [0.25, 0.3) is 0 Å². The third-order valence-electron chi connectivity index (χ3n) is 8.11. The molecule has 0 saturated carbocycles. The standard InChI is InChI=1S/C39H27N5/c1-24-11-15-27(16-12-24)37-42-38(28-17-13-25(2)14-18-28)44-39(43-37)34-22-20-29(23-40-34)36-32-21-19-26-7-3-4-8-30(26)35(32)31-9-5-6-10-33(31)41-36/h3-23H,1-2H3. The van der Waals surface area contributed by atoms with Crippen molar-refractivity contribution in [1.82, 2.24) is 24.9 Å².